The molecule has 0 aliphatic carbocycles. The minimum Gasteiger partial charge on any atom is -0.405 e. The van der Waals surface area contributed by atoms with Gasteiger partial charge >= 0.3 is 0 Å². The van der Waals surface area contributed by atoms with Crippen LogP contribution in [0.15, 0.2) is 146 Å². The van der Waals surface area contributed by atoms with Gasteiger partial charge in [-0.1, -0.05) is 116 Å². The van der Waals surface area contributed by atoms with Crippen molar-refractivity contribution in [2.24, 2.45) is 5.73 Å². The predicted molar refractivity (Wildman–Crippen MR) is 160 cm³/mol. The van der Waals surface area contributed by atoms with E-state index < -0.39 is 0 Å². The second-order valence-electron chi connectivity index (χ2n) is 9.49. The fourth-order valence-electron chi connectivity index (χ4n) is 4.97. The van der Waals surface area contributed by atoms with E-state index in [0.29, 0.717) is 0 Å². The zero-order valence-corrected chi connectivity index (χ0v) is 21.7. The molecule has 0 spiro atoms. The van der Waals surface area contributed by atoms with E-state index in [1.54, 1.807) is 6.20 Å². The fraction of sp³-hybridized carbons (Fsp3) is 0.0857. The van der Waals surface area contributed by atoms with Crippen molar-refractivity contribution in [3.63, 3.8) is 0 Å². The van der Waals surface area contributed by atoms with E-state index >= 15 is 0 Å². The molecule has 0 aromatic heterocycles. The van der Waals surface area contributed by atoms with Gasteiger partial charge in [0.1, 0.15) is 6.17 Å². The third kappa shape index (κ3) is 5.54. The maximum Gasteiger partial charge on any atom is 0.106 e. The van der Waals surface area contributed by atoms with E-state index in [1.165, 1.54) is 16.7 Å². The van der Waals surface area contributed by atoms with Gasteiger partial charge in [-0.05, 0) is 76.5 Å². The number of nitrogens with zero attached hydrogens (tertiary/aromatic N) is 1. The van der Waals surface area contributed by atoms with Gasteiger partial charge in [0.25, 0.3) is 0 Å². The zero-order valence-electron chi connectivity index (χ0n) is 21.7. The number of allylic oxidation sites excluding steroid dienone is 4. The van der Waals surface area contributed by atoms with Crippen LogP contribution < -0.4 is 11.1 Å². The Balaban J connectivity index is 1.53. The summed E-state index contributed by atoms with van der Waals surface area (Å²) in [5, 5.41) is 3.81. The molecule has 188 valence electrons. The Kier molecular flexibility index (Phi) is 7.67. The van der Waals surface area contributed by atoms with E-state index in [1.807, 2.05) is 24.3 Å². The van der Waals surface area contributed by atoms with Gasteiger partial charge in [-0.3, -0.25) is 4.90 Å². The first kappa shape index (κ1) is 25.1. The smallest absolute Gasteiger partial charge is 0.106 e. The Bertz CT molecular complexity index is 1470. The average Bonchev–Trinajstić information content (AvgIpc) is 2.98. The van der Waals surface area contributed by atoms with E-state index in [0.717, 1.165) is 28.0 Å². The lowest BCUT2D eigenvalue weighted by Gasteiger charge is -2.40. The summed E-state index contributed by atoms with van der Waals surface area (Å²) >= 11 is 0. The lowest BCUT2D eigenvalue weighted by atomic mass is 9.94. The van der Waals surface area contributed by atoms with Crippen molar-refractivity contribution in [1.82, 2.24) is 10.2 Å². The Hall–Kier alpha value is -4.60. The molecule has 0 amide bonds. The second kappa shape index (κ2) is 11.6. The Labute approximate surface area is 226 Å². The molecule has 5 rings (SSSR count). The second-order valence-corrected chi connectivity index (χ2v) is 9.49. The van der Waals surface area contributed by atoms with Crippen LogP contribution in [0.3, 0.4) is 0 Å². The molecule has 0 saturated heterocycles. The summed E-state index contributed by atoms with van der Waals surface area (Å²) < 4.78 is 0. The van der Waals surface area contributed by atoms with Gasteiger partial charge in [0.15, 0.2) is 0 Å². The van der Waals surface area contributed by atoms with Gasteiger partial charge in [-0.25, -0.2) is 0 Å². The van der Waals surface area contributed by atoms with Gasteiger partial charge in [-0.2, -0.15) is 0 Å². The highest BCUT2D eigenvalue weighted by Crippen LogP contribution is 2.37. The van der Waals surface area contributed by atoms with Crippen molar-refractivity contribution < 1.29 is 0 Å². The minimum atomic E-state index is -0.0270. The lowest BCUT2D eigenvalue weighted by molar-refractivity contribution is 0.176. The number of rotatable bonds is 7. The number of hydrogen-bond acceptors (Lipinski definition) is 3. The molecule has 3 nitrogen and oxygen atoms in total. The van der Waals surface area contributed by atoms with Gasteiger partial charge in [-0.15, -0.1) is 0 Å². The summed E-state index contributed by atoms with van der Waals surface area (Å²) in [5.74, 6) is 0. The summed E-state index contributed by atoms with van der Waals surface area (Å²) in [5.41, 5.74) is 14.7. The van der Waals surface area contributed by atoms with Gasteiger partial charge in [0.05, 0.1) is 6.04 Å². The highest BCUT2D eigenvalue weighted by atomic mass is 15.3. The third-order valence-corrected chi connectivity index (χ3v) is 6.97. The van der Waals surface area contributed by atoms with Crippen molar-refractivity contribution in [3.05, 3.63) is 174 Å². The molecule has 3 heteroatoms. The van der Waals surface area contributed by atoms with E-state index in [9.17, 15) is 0 Å². The molecular weight excluding hydrogens is 462 g/mol. The molecular formula is C35H33N3. The van der Waals surface area contributed by atoms with Crippen molar-refractivity contribution >= 4 is 16.8 Å². The molecule has 1 heterocycles. The highest BCUT2D eigenvalue weighted by molar-refractivity contribution is 5.86. The van der Waals surface area contributed by atoms with E-state index in [-0.39, 0.29) is 12.2 Å². The number of hydrogen-bond donors (Lipinski definition) is 2. The zero-order chi connectivity index (χ0) is 26.3. The van der Waals surface area contributed by atoms with Crippen molar-refractivity contribution in [2.45, 2.75) is 12.2 Å². The first-order valence-corrected chi connectivity index (χ1v) is 12.9. The molecule has 2 unspecified atom stereocenters. The van der Waals surface area contributed by atoms with Crippen LogP contribution in [-0.4, -0.2) is 11.9 Å². The first-order chi connectivity index (χ1) is 18.6. The molecule has 2 atom stereocenters. The quantitative estimate of drug-likeness (QED) is 0.260. The summed E-state index contributed by atoms with van der Waals surface area (Å²) in [6.07, 6.45) is 7.91. The molecule has 4 aromatic carbocycles. The number of nitrogens with one attached hydrogen (secondary N) is 1. The van der Waals surface area contributed by atoms with Crippen LogP contribution in [0.4, 0.5) is 0 Å². The molecule has 1 aliphatic heterocycles. The number of nitrogens with two attached hydrogens (primary N) is 1. The predicted octanol–water partition coefficient (Wildman–Crippen LogP) is 7.57. The monoisotopic (exact) mass is 495 g/mol. The summed E-state index contributed by atoms with van der Waals surface area (Å²) in [7, 11) is 2.17. The SMILES string of the molecule is C=C(/C=C(\C=C/N)c1cccc(C2NC(c3ccccc3)=CC(c3ccccc3)N2C)c1)c1ccccc1. The maximum absolute atomic E-state index is 5.87. The average molecular weight is 496 g/mol. The first-order valence-electron chi connectivity index (χ1n) is 12.9. The van der Waals surface area contributed by atoms with E-state index in [4.69, 9.17) is 5.73 Å². The van der Waals surface area contributed by atoms with Gasteiger partial charge < -0.3 is 11.1 Å². The van der Waals surface area contributed by atoms with Crippen molar-refractivity contribution in [2.75, 3.05) is 7.05 Å². The largest absolute Gasteiger partial charge is 0.405 e. The molecule has 0 saturated carbocycles. The van der Waals surface area contributed by atoms with Crippen LogP contribution in [0, 0.1) is 0 Å². The lowest BCUT2D eigenvalue weighted by Crippen LogP contribution is -2.41. The Morgan fingerprint density at radius 2 is 1.39 bits per heavy atom. The van der Waals surface area contributed by atoms with E-state index in [2.05, 4.69) is 133 Å². The number of benzene rings is 4. The van der Waals surface area contributed by atoms with Crippen molar-refractivity contribution in [3.8, 4) is 0 Å². The molecule has 0 fully saturated rings. The molecule has 38 heavy (non-hydrogen) atoms. The standard InChI is InChI=1S/C35H33N3/c1-26(27-13-6-3-7-14-27)23-31(21-22-36)30-19-12-20-32(24-30)35-37-33(28-15-8-4-9-16-28)25-34(38(35)2)29-17-10-5-11-18-29/h3-25,34-35,37H,1,36H2,2H3/b22-21-,31-23+. The molecule has 0 radical (unpaired) electrons. The molecule has 0 bridgehead atoms. The van der Waals surface area contributed by atoms with Crippen LogP contribution in [0.1, 0.15) is 40.0 Å². The number of likely N-dealkylation sites (N-methyl/N-ethyl adjacent to an activating group) is 1. The fourth-order valence-corrected chi connectivity index (χ4v) is 4.97. The van der Waals surface area contributed by atoms with Crippen LogP contribution in [0.5, 0.6) is 0 Å². The van der Waals surface area contributed by atoms with Crippen LogP contribution >= 0.6 is 0 Å². The minimum absolute atomic E-state index is 0.0270. The van der Waals surface area contributed by atoms with Crippen LogP contribution in [0.25, 0.3) is 16.8 Å². The van der Waals surface area contributed by atoms with Gasteiger partial charge in [0, 0.05) is 5.70 Å². The van der Waals surface area contributed by atoms with Crippen LogP contribution in [0.2, 0.25) is 0 Å². The summed E-state index contributed by atoms with van der Waals surface area (Å²) in [6, 6.07) is 40.2. The molecule has 1 aliphatic rings. The topological polar surface area (TPSA) is 41.3 Å². The molecule has 4 aromatic rings. The normalized spacial score (nSPS) is 18.1. The summed E-state index contributed by atoms with van der Waals surface area (Å²) in [4.78, 5) is 2.38. The Morgan fingerprint density at radius 3 is 2.08 bits per heavy atom. The van der Waals surface area contributed by atoms with Crippen LogP contribution in [-0.2, 0) is 0 Å². The highest BCUT2D eigenvalue weighted by Gasteiger charge is 2.30. The van der Waals surface area contributed by atoms with Crippen molar-refractivity contribution in [1.29, 1.82) is 0 Å². The van der Waals surface area contributed by atoms with Gasteiger partial charge in [0.2, 0.25) is 0 Å². The Morgan fingerprint density at radius 1 is 0.789 bits per heavy atom. The molecule has 3 N–H and O–H groups in total. The maximum atomic E-state index is 5.87. The third-order valence-electron chi connectivity index (χ3n) is 6.97. The summed E-state index contributed by atoms with van der Waals surface area (Å²) in [6.45, 7) is 4.30.